The molecule has 2 rings (SSSR count). The Balaban J connectivity index is 2.10. The molecule has 0 aromatic heterocycles. The molecule has 3 heteroatoms. The highest BCUT2D eigenvalue weighted by atomic mass is 35.5. The highest BCUT2D eigenvalue weighted by Gasteiger charge is 2.26. The fourth-order valence-electron chi connectivity index (χ4n) is 3.02. The average Bonchev–Trinajstić information content (AvgIpc) is 2.41. The summed E-state index contributed by atoms with van der Waals surface area (Å²) in [7, 11) is 0. The molecule has 18 heavy (non-hydrogen) atoms. The Hall–Kier alpha value is -0.240. The number of benzene rings is 1. The minimum Gasteiger partial charge on any atom is -0.324 e. The van der Waals surface area contributed by atoms with Gasteiger partial charge >= 0.3 is 0 Å². The smallest absolute Gasteiger partial charge is 0.0595 e. The molecule has 3 atom stereocenters. The largest absolute Gasteiger partial charge is 0.324 e. The Morgan fingerprint density at radius 3 is 2.72 bits per heavy atom. The molecule has 0 heterocycles. The minimum atomic E-state index is 0.0918. The summed E-state index contributed by atoms with van der Waals surface area (Å²) in [6.07, 6.45) is 6.42. The Kier molecular flexibility index (Phi) is 4.94. The highest BCUT2D eigenvalue weighted by molar-refractivity contribution is 6.42. The van der Waals surface area contributed by atoms with Gasteiger partial charge < -0.3 is 5.73 Å². The molecule has 0 spiro atoms. The lowest BCUT2D eigenvalue weighted by Gasteiger charge is -2.32. The summed E-state index contributed by atoms with van der Waals surface area (Å²) in [5.41, 5.74) is 7.52. The van der Waals surface area contributed by atoms with Gasteiger partial charge in [-0.3, -0.25) is 0 Å². The van der Waals surface area contributed by atoms with Crippen molar-refractivity contribution in [2.75, 3.05) is 0 Å². The first kappa shape index (κ1) is 14.2. The van der Waals surface area contributed by atoms with Crippen molar-refractivity contribution in [1.29, 1.82) is 0 Å². The first-order chi connectivity index (χ1) is 8.61. The van der Waals surface area contributed by atoms with Crippen molar-refractivity contribution in [3.63, 3.8) is 0 Å². The number of nitrogens with two attached hydrogens (primary N) is 1. The van der Waals surface area contributed by atoms with Crippen LogP contribution in [-0.4, -0.2) is 0 Å². The van der Waals surface area contributed by atoms with E-state index in [-0.39, 0.29) is 6.04 Å². The van der Waals surface area contributed by atoms with Gasteiger partial charge in [0.1, 0.15) is 0 Å². The maximum absolute atomic E-state index is 6.40. The van der Waals surface area contributed by atoms with Crippen molar-refractivity contribution in [3.8, 4) is 0 Å². The van der Waals surface area contributed by atoms with Crippen LogP contribution in [0.4, 0.5) is 0 Å². The van der Waals surface area contributed by atoms with Crippen LogP contribution in [0.5, 0.6) is 0 Å². The van der Waals surface area contributed by atoms with Crippen molar-refractivity contribution in [2.24, 2.45) is 17.6 Å². The molecule has 2 N–H and O–H groups in total. The summed E-state index contributed by atoms with van der Waals surface area (Å²) < 4.78 is 0. The molecule has 1 saturated carbocycles. The van der Waals surface area contributed by atoms with Crippen LogP contribution in [-0.2, 0) is 0 Å². The topological polar surface area (TPSA) is 26.0 Å². The van der Waals surface area contributed by atoms with E-state index in [1.54, 1.807) is 0 Å². The monoisotopic (exact) mass is 285 g/mol. The molecule has 1 fully saturated rings. The summed E-state index contributed by atoms with van der Waals surface area (Å²) in [6.45, 7) is 2.28. The Bertz CT molecular complexity index is 405. The molecule has 1 nitrogen and oxygen atoms in total. The lowest BCUT2D eigenvalue weighted by molar-refractivity contribution is 0.230. The molecule has 0 bridgehead atoms. The number of hydrogen-bond acceptors (Lipinski definition) is 1. The zero-order valence-electron chi connectivity index (χ0n) is 10.8. The molecule has 1 aromatic rings. The van der Waals surface area contributed by atoms with Gasteiger partial charge in [-0.05, 0) is 42.4 Å². The fourth-order valence-corrected chi connectivity index (χ4v) is 3.33. The Morgan fingerprint density at radius 2 is 2.06 bits per heavy atom. The van der Waals surface area contributed by atoms with Crippen molar-refractivity contribution in [3.05, 3.63) is 33.8 Å². The Morgan fingerprint density at radius 1 is 1.28 bits per heavy atom. The second kappa shape index (κ2) is 6.27. The SMILES string of the molecule is CCC1CCCC(C(N)c2ccc(Cl)c(Cl)c2)C1. The van der Waals surface area contributed by atoms with E-state index < -0.39 is 0 Å². The molecule has 0 saturated heterocycles. The molecule has 1 aliphatic carbocycles. The summed E-state index contributed by atoms with van der Waals surface area (Å²) >= 11 is 12.0. The molecule has 0 aliphatic heterocycles. The zero-order valence-corrected chi connectivity index (χ0v) is 12.3. The van der Waals surface area contributed by atoms with Gasteiger partial charge in [-0.15, -0.1) is 0 Å². The summed E-state index contributed by atoms with van der Waals surface area (Å²) in [6, 6.07) is 5.87. The maximum atomic E-state index is 6.40. The second-order valence-corrected chi connectivity index (χ2v) is 6.21. The van der Waals surface area contributed by atoms with E-state index in [0.29, 0.717) is 16.0 Å². The molecular weight excluding hydrogens is 265 g/mol. The van der Waals surface area contributed by atoms with E-state index in [1.807, 2.05) is 18.2 Å². The summed E-state index contributed by atoms with van der Waals surface area (Å²) in [5, 5.41) is 1.20. The van der Waals surface area contributed by atoms with Gasteiger partial charge in [0.2, 0.25) is 0 Å². The van der Waals surface area contributed by atoms with Crippen LogP contribution >= 0.6 is 23.2 Å². The molecule has 1 aliphatic rings. The van der Waals surface area contributed by atoms with Crippen LogP contribution in [0.3, 0.4) is 0 Å². The van der Waals surface area contributed by atoms with E-state index in [1.165, 1.54) is 32.1 Å². The maximum Gasteiger partial charge on any atom is 0.0595 e. The normalized spacial score (nSPS) is 26.0. The third kappa shape index (κ3) is 3.20. The lowest BCUT2D eigenvalue weighted by atomic mass is 9.75. The number of hydrogen-bond donors (Lipinski definition) is 1. The molecule has 100 valence electrons. The third-order valence-electron chi connectivity index (χ3n) is 4.24. The van der Waals surface area contributed by atoms with Gasteiger partial charge in [-0.25, -0.2) is 0 Å². The van der Waals surface area contributed by atoms with Gasteiger partial charge in [-0.2, -0.15) is 0 Å². The highest BCUT2D eigenvalue weighted by Crippen LogP contribution is 2.38. The van der Waals surface area contributed by atoms with E-state index in [4.69, 9.17) is 28.9 Å². The van der Waals surface area contributed by atoms with Gasteiger partial charge in [0.25, 0.3) is 0 Å². The second-order valence-electron chi connectivity index (χ2n) is 5.40. The summed E-state index contributed by atoms with van der Waals surface area (Å²) in [4.78, 5) is 0. The van der Waals surface area contributed by atoms with Crippen molar-refractivity contribution < 1.29 is 0 Å². The minimum absolute atomic E-state index is 0.0918. The quantitative estimate of drug-likeness (QED) is 0.811. The first-order valence-corrected chi connectivity index (χ1v) is 7.58. The van der Waals surface area contributed by atoms with Crippen LogP contribution in [0.2, 0.25) is 10.0 Å². The molecular formula is C15H21Cl2N. The third-order valence-corrected chi connectivity index (χ3v) is 4.98. The van der Waals surface area contributed by atoms with Gasteiger partial charge in [0.15, 0.2) is 0 Å². The van der Waals surface area contributed by atoms with Crippen molar-refractivity contribution >= 4 is 23.2 Å². The number of halogens is 2. The Labute approximate surface area is 120 Å². The molecule has 0 radical (unpaired) electrons. The van der Waals surface area contributed by atoms with Crippen LogP contribution in [0.1, 0.15) is 50.6 Å². The van der Waals surface area contributed by atoms with Gasteiger partial charge in [0, 0.05) is 6.04 Å². The fraction of sp³-hybridized carbons (Fsp3) is 0.600. The molecule has 0 amide bonds. The molecule has 3 unspecified atom stereocenters. The van der Waals surface area contributed by atoms with Gasteiger partial charge in [-0.1, -0.05) is 55.5 Å². The van der Waals surface area contributed by atoms with Crippen molar-refractivity contribution in [1.82, 2.24) is 0 Å². The number of rotatable bonds is 3. The van der Waals surface area contributed by atoms with Crippen LogP contribution in [0.15, 0.2) is 18.2 Å². The lowest BCUT2D eigenvalue weighted by Crippen LogP contribution is -2.26. The predicted molar refractivity (Wildman–Crippen MR) is 79.1 cm³/mol. The molecule has 1 aromatic carbocycles. The predicted octanol–water partition coefficient (Wildman–Crippen LogP) is 5.21. The first-order valence-electron chi connectivity index (χ1n) is 6.82. The van der Waals surface area contributed by atoms with Crippen LogP contribution in [0.25, 0.3) is 0 Å². The standard InChI is InChI=1S/C15H21Cl2N/c1-2-10-4-3-5-11(8-10)15(18)12-6-7-13(16)14(17)9-12/h6-7,9-11,15H,2-5,8,18H2,1H3. The van der Waals surface area contributed by atoms with E-state index in [9.17, 15) is 0 Å². The van der Waals surface area contributed by atoms with Crippen LogP contribution in [0, 0.1) is 11.8 Å². The van der Waals surface area contributed by atoms with Crippen LogP contribution < -0.4 is 5.73 Å². The van der Waals surface area contributed by atoms with E-state index in [2.05, 4.69) is 6.92 Å². The van der Waals surface area contributed by atoms with E-state index in [0.717, 1.165) is 11.5 Å². The van der Waals surface area contributed by atoms with Gasteiger partial charge in [0.05, 0.1) is 10.0 Å². The van der Waals surface area contributed by atoms with Crippen molar-refractivity contribution in [2.45, 2.75) is 45.1 Å². The zero-order chi connectivity index (χ0) is 13.1. The van der Waals surface area contributed by atoms with E-state index >= 15 is 0 Å². The average molecular weight is 286 g/mol. The summed E-state index contributed by atoms with van der Waals surface area (Å²) in [5.74, 6) is 1.43.